The van der Waals surface area contributed by atoms with Crippen LogP contribution in [0.4, 0.5) is 0 Å². The van der Waals surface area contributed by atoms with E-state index in [4.69, 9.17) is 9.47 Å². The van der Waals surface area contributed by atoms with Crippen molar-refractivity contribution in [3.8, 4) is 11.5 Å². The first-order valence-electron chi connectivity index (χ1n) is 5.83. The molecule has 3 nitrogen and oxygen atoms in total. The maximum absolute atomic E-state index is 11.4. The molecule has 0 saturated carbocycles. The van der Waals surface area contributed by atoms with E-state index >= 15 is 0 Å². The van der Waals surface area contributed by atoms with Crippen LogP contribution < -0.4 is 9.47 Å². The van der Waals surface area contributed by atoms with Crippen molar-refractivity contribution in [1.29, 1.82) is 0 Å². The molecule has 0 aliphatic rings. The summed E-state index contributed by atoms with van der Waals surface area (Å²) >= 11 is 0. The Balaban J connectivity index is 2.93. The molecule has 1 rings (SSSR count). The van der Waals surface area contributed by atoms with Crippen LogP contribution in [0.2, 0.25) is 0 Å². The van der Waals surface area contributed by atoms with Crippen molar-refractivity contribution in [1.82, 2.24) is 0 Å². The molecule has 1 aromatic rings. The summed E-state index contributed by atoms with van der Waals surface area (Å²) in [6, 6.07) is 5.70. The molecule has 0 spiro atoms. The summed E-state index contributed by atoms with van der Waals surface area (Å²) in [5.74, 6) is 1.84. The van der Waals surface area contributed by atoms with Crippen LogP contribution in [0.15, 0.2) is 18.2 Å². The lowest BCUT2D eigenvalue weighted by molar-refractivity contribution is -0.120. The van der Waals surface area contributed by atoms with E-state index in [2.05, 4.69) is 0 Å². The van der Waals surface area contributed by atoms with Crippen LogP contribution in [-0.4, -0.2) is 20.0 Å². The van der Waals surface area contributed by atoms with Crippen molar-refractivity contribution in [3.05, 3.63) is 23.8 Å². The van der Waals surface area contributed by atoms with Crippen LogP contribution in [-0.2, 0) is 11.2 Å². The van der Waals surface area contributed by atoms with Gasteiger partial charge in [0.1, 0.15) is 17.3 Å². The predicted octanol–water partition coefficient (Wildman–Crippen LogP) is 2.86. The minimum atomic E-state index is 0.0669. The summed E-state index contributed by atoms with van der Waals surface area (Å²) in [7, 11) is 3.26. The van der Waals surface area contributed by atoms with E-state index in [1.165, 1.54) is 0 Å². The van der Waals surface area contributed by atoms with Crippen molar-refractivity contribution < 1.29 is 14.3 Å². The van der Waals surface area contributed by atoms with Gasteiger partial charge in [0.05, 0.1) is 14.2 Å². The van der Waals surface area contributed by atoms with Crippen LogP contribution in [0.3, 0.4) is 0 Å². The smallest absolute Gasteiger partial charge is 0.133 e. The summed E-state index contributed by atoms with van der Waals surface area (Å²) in [6.07, 6.45) is 1.57. The first kappa shape index (κ1) is 13.6. The Labute approximate surface area is 103 Å². The molecule has 0 amide bonds. The molecule has 0 N–H and O–H groups in total. The standard InChI is InChI=1S/C14H20O3/c1-5-11(10(2)15)8-12-6-7-13(16-3)9-14(12)17-4/h6-7,9,11H,5,8H2,1-4H3. The quantitative estimate of drug-likeness (QED) is 0.762. The Kier molecular flexibility index (Phi) is 5.01. The number of methoxy groups -OCH3 is 2. The molecular formula is C14H20O3. The molecule has 1 unspecified atom stereocenters. The van der Waals surface area contributed by atoms with Crippen LogP contribution >= 0.6 is 0 Å². The molecule has 17 heavy (non-hydrogen) atoms. The van der Waals surface area contributed by atoms with Gasteiger partial charge in [-0.1, -0.05) is 13.0 Å². The predicted molar refractivity (Wildman–Crippen MR) is 67.7 cm³/mol. The zero-order valence-electron chi connectivity index (χ0n) is 10.9. The number of Topliss-reactive ketones (excluding diaryl/α,β-unsaturated/α-hetero) is 1. The van der Waals surface area contributed by atoms with Crippen molar-refractivity contribution in [2.75, 3.05) is 14.2 Å². The average Bonchev–Trinajstić information content (AvgIpc) is 2.35. The third-order valence-corrected chi connectivity index (χ3v) is 3.03. The first-order valence-corrected chi connectivity index (χ1v) is 5.83. The molecule has 0 fully saturated rings. The normalized spacial score (nSPS) is 12.0. The maximum Gasteiger partial charge on any atom is 0.133 e. The fraction of sp³-hybridized carbons (Fsp3) is 0.500. The molecule has 0 aliphatic heterocycles. The first-order chi connectivity index (χ1) is 8.12. The number of hydrogen-bond acceptors (Lipinski definition) is 3. The largest absolute Gasteiger partial charge is 0.497 e. The minimum Gasteiger partial charge on any atom is -0.497 e. The Bertz CT molecular complexity index is 385. The van der Waals surface area contributed by atoms with Gasteiger partial charge in [-0.15, -0.1) is 0 Å². The second kappa shape index (κ2) is 6.28. The molecule has 0 saturated heterocycles. The third kappa shape index (κ3) is 3.48. The summed E-state index contributed by atoms with van der Waals surface area (Å²) in [5, 5.41) is 0. The number of rotatable bonds is 6. The van der Waals surface area contributed by atoms with E-state index in [0.29, 0.717) is 0 Å². The molecule has 0 radical (unpaired) electrons. The van der Waals surface area contributed by atoms with Gasteiger partial charge < -0.3 is 9.47 Å². The topological polar surface area (TPSA) is 35.5 Å². The molecule has 0 bridgehead atoms. The zero-order valence-corrected chi connectivity index (χ0v) is 10.9. The van der Waals surface area contributed by atoms with Crippen LogP contribution in [0.5, 0.6) is 11.5 Å². The van der Waals surface area contributed by atoms with Gasteiger partial charge in [-0.2, -0.15) is 0 Å². The van der Waals surface area contributed by atoms with Gasteiger partial charge in [-0.05, 0) is 31.4 Å². The molecule has 1 atom stereocenters. The van der Waals surface area contributed by atoms with E-state index in [1.54, 1.807) is 21.1 Å². The molecule has 0 heterocycles. The van der Waals surface area contributed by atoms with Gasteiger partial charge in [0.15, 0.2) is 0 Å². The van der Waals surface area contributed by atoms with E-state index in [1.807, 2.05) is 25.1 Å². The number of ether oxygens (including phenoxy) is 2. The highest BCUT2D eigenvalue weighted by molar-refractivity contribution is 5.78. The number of carbonyl (C=O) groups is 1. The van der Waals surface area contributed by atoms with Gasteiger partial charge in [-0.25, -0.2) is 0 Å². The molecule has 94 valence electrons. The van der Waals surface area contributed by atoms with Crippen molar-refractivity contribution in [2.24, 2.45) is 5.92 Å². The average molecular weight is 236 g/mol. The summed E-state index contributed by atoms with van der Waals surface area (Å²) < 4.78 is 10.5. The van der Waals surface area contributed by atoms with Crippen molar-refractivity contribution in [3.63, 3.8) is 0 Å². The highest BCUT2D eigenvalue weighted by Crippen LogP contribution is 2.27. The van der Waals surface area contributed by atoms with Gasteiger partial charge in [0, 0.05) is 12.0 Å². The van der Waals surface area contributed by atoms with Gasteiger partial charge >= 0.3 is 0 Å². The molecule has 0 aliphatic carbocycles. The Morgan fingerprint density at radius 3 is 2.47 bits per heavy atom. The van der Waals surface area contributed by atoms with E-state index < -0.39 is 0 Å². The Hall–Kier alpha value is -1.51. The Morgan fingerprint density at radius 1 is 1.29 bits per heavy atom. The zero-order chi connectivity index (χ0) is 12.8. The summed E-state index contributed by atoms with van der Waals surface area (Å²) in [4.78, 5) is 11.4. The monoisotopic (exact) mass is 236 g/mol. The summed E-state index contributed by atoms with van der Waals surface area (Å²) in [6.45, 7) is 3.67. The van der Waals surface area contributed by atoms with Gasteiger partial charge in [-0.3, -0.25) is 4.79 Å². The second-order valence-corrected chi connectivity index (χ2v) is 4.10. The van der Waals surface area contributed by atoms with Crippen LogP contribution in [0.1, 0.15) is 25.8 Å². The van der Waals surface area contributed by atoms with Gasteiger partial charge in [0.2, 0.25) is 0 Å². The lowest BCUT2D eigenvalue weighted by atomic mass is 9.93. The molecule has 0 aromatic heterocycles. The number of ketones is 1. The highest BCUT2D eigenvalue weighted by atomic mass is 16.5. The fourth-order valence-electron chi connectivity index (χ4n) is 1.86. The number of benzene rings is 1. The second-order valence-electron chi connectivity index (χ2n) is 4.10. The van der Waals surface area contributed by atoms with Crippen LogP contribution in [0.25, 0.3) is 0 Å². The lowest BCUT2D eigenvalue weighted by Crippen LogP contribution is -2.13. The number of carbonyl (C=O) groups excluding carboxylic acids is 1. The Morgan fingerprint density at radius 2 is 2.00 bits per heavy atom. The maximum atomic E-state index is 11.4. The molecular weight excluding hydrogens is 216 g/mol. The van der Waals surface area contributed by atoms with Crippen molar-refractivity contribution in [2.45, 2.75) is 26.7 Å². The van der Waals surface area contributed by atoms with Crippen molar-refractivity contribution >= 4 is 5.78 Å². The fourth-order valence-corrected chi connectivity index (χ4v) is 1.86. The van der Waals surface area contributed by atoms with Gasteiger partial charge in [0.25, 0.3) is 0 Å². The SMILES string of the molecule is CCC(Cc1ccc(OC)cc1OC)C(C)=O. The van der Waals surface area contributed by atoms with E-state index in [0.717, 1.165) is 29.9 Å². The minimum absolute atomic E-state index is 0.0669. The van der Waals surface area contributed by atoms with E-state index in [9.17, 15) is 4.79 Å². The molecule has 1 aromatic carbocycles. The number of hydrogen-bond donors (Lipinski definition) is 0. The molecule has 3 heteroatoms. The highest BCUT2D eigenvalue weighted by Gasteiger charge is 2.15. The van der Waals surface area contributed by atoms with Crippen LogP contribution in [0, 0.1) is 5.92 Å². The van der Waals surface area contributed by atoms with E-state index in [-0.39, 0.29) is 11.7 Å². The lowest BCUT2D eigenvalue weighted by Gasteiger charge is -2.14. The summed E-state index contributed by atoms with van der Waals surface area (Å²) in [5.41, 5.74) is 1.05. The third-order valence-electron chi connectivity index (χ3n) is 3.03.